The molecule has 7 nitrogen and oxygen atoms in total. The third-order valence-corrected chi connectivity index (χ3v) is 2.85. The van der Waals surface area contributed by atoms with Gasteiger partial charge in [0.1, 0.15) is 11.3 Å². The van der Waals surface area contributed by atoms with Crippen LogP contribution in [0.4, 0.5) is 5.69 Å². The van der Waals surface area contributed by atoms with Crippen molar-refractivity contribution in [3.05, 3.63) is 33.1 Å². The number of nitrogens with one attached hydrogen (secondary N) is 1. The van der Waals surface area contributed by atoms with Gasteiger partial charge in [-0.3, -0.25) is 14.9 Å². The largest absolute Gasteiger partial charge is 0.379 e. The monoisotopic (exact) mass is 271 g/mol. The van der Waals surface area contributed by atoms with Crippen LogP contribution in [-0.4, -0.2) is 35.1 Å². The summed E-state index contributed by atoms with van der Waals surface area (Å²) in [4.78, 5) is 25.5. The van der Waals surface area contributed by atoms with Gasteiger partial charge in [0.2, 0.25) is 0 Å². The number of rotatable bonds is 3. The number of ether oxygens (including phenoxy) is 1. The van der Waals surface area contributed by atoms with Crippen LogP contribution in [0.1, 0.15) is 16.8 Å². The fourth-order valence-corrected chi connectivity index (χ4v) is 1.80. The molecule has 1 aliphatic heterocycles. The smallest absolute Gasteiger partial charge is 0.288 e. The molecule has 1 saturated heterocycles. The fraction of sp³-hybridized carbons (Fsp3) is 0.400. The lowest BCUT2D eigenvalue weighted by Gasteiger charge is -2.10. The van der Waals surface area contributed by atoms with Crippen molar-refractivity contribution in [3.63, 3.8) is 0 Å². The summed E-state index contributed by atoms with van der Waals surface area (Å²) >= 11 is 5.76. The summed E-state index contributed by atoms with van der Waals surface area (Å²) in [7, 11) is 0. The van der Waals surface area contributed by atoms with Crippen molar-refractivity contribution in [2.45, 2.75) is 12.5 Å². The molecule has 0 spiro atoms. The number of amides is 1. The van der Waals surface area contributed by atoms with Gasteiger partial charge in [0, 0.05) is 12.7 Å². The van der Waals surface area contributed by atoms with Crippen molar-refractivity contribution < 1.29 is 14.5 Å². The molecule has 0 aliphatic carbocycles. The number of carbonyl (C=O) groups is 1. The Balaban J connectivity index is 2.17. The predicted molar refractivity (Wildman–Crippen MR) is 62.6 cm³/mol. The second kappa shape index (κ2) is 5.28. The van der Waals surface area contributed by atoms with Crippen LogP contribution in [0, 0.1) is 10.1 Å². The van der Waals surface area contributed by atoms with Gasteiger partial charge in [-0.1, -0.05) is 11.6 Å². The quantitative estimate of drug-likeness (QED) is 0.506. The molecule has 2 heterocycles. The fourth-order valence-electron chi connectivity index (χ4n) is 1.61. The number of aromatic nitrogens is 1. The highest BCUT2D eigenvalue weighted by Crippen LogP contribution is 2.19. The predicted octanol–water partition coefficient (Wildman–Crippen LogP) is 1.16. The molecule has 1 N–H and O–H groups in total. The summed E-state index contributed by atoms with van der Waals surface area (Å²) in [5.74, 6) is -0.480. The van der Waals surface area contributed by atoms with Crippen LogP contribution in [-0.2, 0) is 4.74 Å². The Morgan fingerprint density at radius 3 is 3.06 bits per heavy atom. The maximum absolute atomic E-state index is 11.9. The molecule has 2 rings (SSSR count). The Morgan fingerprint density at radius 2 is 2.44 bits per heavy atom. The highest BCUT2D eigenvalue weighted by atomic mass is 35.5. The lowest BCUT2D eigenvalue weighted by molar-refractivity contribution is -0.385. The summed E-state index contributed by atoms with van der Waals surface area (Å²) in [6.45, 7) is 1.03. The summed E-state index contributed by atoms with van der Waals surface area (Å²) in [5.41, 5.74) is -0.273. The molecule has 1 aromatic heterocycles. The lowest BCUT2D eigenvalue weighted by Crippen LogP contribution is -2.35. The standard InChI is InChI=1S/C10H10ClN3O4/c11-9-8(3-7(4-12-9)14(16)17)10(15)13-6-1-2-18-5-6/h3-4,6H,1-2,5H2,(H,13,15). The molecule has 96 valence electrons. The highest BCUT2D eigenvalue weighted by Gasteiger charge is 2.22. The summed E-state index contributed by atoms with van der Waals surface area (Å²) in [6.07, 6.45) is 1.73. The first-order valence-electron chi connectivity index (χ1n) is 5.26. The van der Waals surface area contributed by atoms with Gasteiger partial charge in [-0.15, -0.1) is 0 Å². The van der Waals surface area contributed by atoms with Crippen molar-refractivity contribution in [1.29, 1.82) is 0 Å². The Kier molecular flexibility index (Phi) is 3.73. The molecular weight excluding hydrogens is 262 g/mol. The van der Waals surface area contributed by atoms with E-state index in [4.69, 9.17) is 16.3 Å². The van der Waals surface area contributed by atoms with E-state index in [1.807, 2.05) is 0 Å². The third-order valence-electron chi connectivity index (χ3n) is 2.54. The molecule has 0 bridgehead atoms. The van der Waals surface area contributed by atoms with E-state index in [1.54, 1.807) is 0 Å². The Labute approximate surface area is 107 Å². The average Bonchev–Trinajstić information content (AvgIpc) is 2.81. The molecule has 1 fully saturated rings. The molecular formula is C10H10ClN3O4. The van der Waals surface area contributed by atoms with Crippen LogP contribution in [0.2, 0.25) is 5.15 Å². The molecule has 1 unspecified atom stereocenters. The van der Waals surface area contributed by atoms with E-state index in [2.05, 4.69) is 10.3 Å². The number of nitro groups is 1. The van der Waals surface area contributed by atoms with Crippen molar-refractivity contribution in [2.75, 3.05) is 13.2 Å². The van der Waals surface area contributed by atoms with E-state index < -0.39 is 10.8 Å². The molecule has 0 saturated carbocycles. The number of halogens is 1. The van der Waals surface area contributed by atoms with Gasteiger partial charge in [0.25, 0.3) is 11.6 Å². The van der Waals surface area contributed by atoms with Crippen molar-refractivity contribution in [3.8, 4) is 0 Å². The second-order valence-electron chi connectivity index (χ2n) is 3.82. The first-order chi connectivity index (χ1) is 8.58. The number of nitrogens with zero attached hydrogens (tertiary/aromatic N) is 2. The Hall–Kier alpha value is -1.73. The molecule has 1 aromatic rings. The van der Waals surface area contributed by atoms with E-state index in [1.165, 1.54) is 0 Å². The second-order valence-corrected chi connectivity index (χ2v) is 4.18. The maximum atomic E-state index is 11.9. The molecule has 8 heteroatoms. The zero-order valence-electron chi connectivity index (χ0n) is 9.26. The summed E-state index contributed by atoms with van der Waals surface area (Å²) < 4.78 is 5.11. The zero-order valence-corrected chi connectivity index (χ0v) is 10.0. The van der Waals surface area contributed by atoms with Crippen LogP contribution in [0.25, 0.3) is 0 Å². The van der Waals surface area contributed by atoms with Gasteiger partial charge in [0.15, 0.2) is 0 Å². The van der Waals surface area contributed by atoms with Crippen LogP contribution in [0.3, 0.4) is 0 Å². The van der Waals surface area contributed by atoms with Crippen molar-refractivity contribution in [1.82, 2.24) is 10.3 Å². The van der Waals surface area contributed by atoms with E-state index in [9.17, 15) is 14.9 Å². The Morgan fingerprint density at radius 1 is 1.67 bits per heavy atom. The van der Waals surface area contributed by atoms with E-state index in [0.29, 0.717) is 19.6 Å². The maximum Gasteiger partial charge on any atom is 0.288 e. The van der Waals surface area contributed by atoms with Crippen molar-refractivity contribution in [2.24, 2.45) is 0 Å². The molecule has 1 amide bonds. The molecule has 0 radical (unpaired) electrons. The minimum absolute atomic E-state index is 0.00207. The Bertz CT molecular complexity index is 488. The van der Waals surface area contributed by atoms with Crippen LogP contribution < -0.4 is 5.32 Å². The number of pyridine rings is 1. The third kappa shape index (κ3) is 2.74. The van der Waals surface area contributed by atoms with E-state index in [-0.39, 0.29) is 22.4 Å². The van der Waals surface area contributed by atoms with Crippen molar-refractivity contribution >= 4 is 23.2 Å². The minimum Gasteiger partial charge on any atom is -0.379 e. The number of hydrogen-bond acceptors (Lipinski definition) is 5. The average molecular weight is 272 g/mol. The lowest BCUT2D eigenvalue weighted by atomic mass is 10.2. The van der Waals surface area contributed by atoms with E-state index >= 15 is 0 Å². The van der Waals surface area contributed by atoms with Gasteiger partial charge < -0.3 is 10.1 Å². The highest BCUT2D eigenvalue weighted by molar-refractivity contribution is 6.32. The van der Waals surface area contributed by atoms with Crippen LogP contribution in [0.5, 0.6) is 0 Å². The van der Waals surface area contributed by atoms with Gasteiger partial charge >= 0.3 is 0 Å². The molecule has 18 heavy (non-hydrogen) atoms. The van der Waals surface area contributed by atoms with Crippen LogP contribution >= 0.6 is 11.6 Å². The van der Waals surface area contributed by atoms with Crippen LogP contribution in [0.15, 0.2) is 12.3 Å². The topological polar surface area (TPSA) is 94.4 Å². The van der Waals surface area contributed by atoms with Gasteiger partial charge in [-0.05, 0) is 6.42 Å². The van der Waals surface area contributed by atoms with Gasteiger partial charge in [-0.2, -0.15) is 0 Å². The summed E-state index contributed by atoms with van der Waals surface area (Å²) in [6, 6.07) is 1.02. The van der Waals surface area contributed by atoms with Gasteiger partial charge in [-0.25, -0.2) is 4.98 Å². The summed E-state index contributed by atoms with van der Waals surface area (Å²) in [5, 5.41) is 13.2. The number of hydrogen-bond donors (Lipinski definition) is 1. The molecule has 1 atom stereocenters. The molecule has 1 aliphatic rings. The normalized spacial score (nSPS) is 18.6. The zero-order chi connectivity index (χ0) is 13.1. The minimum atomic E-state index is -0.626. The first kappa shape index (κ1) is 12.7. The number of carbonyl (C=O) groups excluding carboxylic acids is 1. The SMILES string of the molecule is O=C(NC1CCOC1)c1cc([N+](=O)[O-])cnc1Cl. The van der Waals surface area contributed by atoms with E-state index in [0.717, 1.165) is 12.3 Å². The van der Waals surface area contributed by atoms with Gasteiger partial charge in [0.05, 0.1) is 23.1 Å². The first-order valence-corrected chi connectivity index (χ1v) is 5.64. The molecule has 0 aromatic carbocycles.